The van der Waals surface area contributed by atoms with E-state index in [4.69, 9.17) is 0 Å². The number of allylic oxidation sites excluding steroid dienone is 4. The Labute approximate surface area is 256 Å². The first-order valence-electron chi connectivity index (χ1n) is 15.0. The minimum absolute atomic E-state index is 0.177. The average molecular weight is 600 g/mol. The number of rotatable bonds is 0. The van der Waals surface area contributed by atoms with Gasteiger partial charge in [-0.05, 0) is 17.4 Å². The third-order valence-corrected chi connectivity index (χ3v) is 9.29. The Balaban J connectivity index is 0.000000194. The maximum absolute atomic E-state index is 3.53. The summed E-state index contributed by atoms with van der Waals surface area (Å²) in [5.74, 6) is 0.518. The first-order valence-corrected chi connectivity index (χ1v) is 16.3. The molecule has 1 heteroatoms. The molecule has 1 fully saturated rings. The summed E-state index contributed by atoms with van der Waals surface area (Å²) in [5, 5.41) is 0. The quantitative estimate of drug-likeness (QED) is 0.226. The van der Waals surface area contributed by atoms with Gasteiger partial charge in [0.25, 0.3) is 0 Å². The van der Waals surface area contributed by atoms with Crippen molar-refractivity contribution in [3.05, 3.63) is 82.0 Å². The van der Waals surface area contributed by atoms with E-state index in [0.717, 1.165) is 6.42 Å². The van der Waals surface area contributed by atoms with Gasteiger partial charge in [-0.25, -0.2) is 5.57 Å². The van der Waals surface area contributed by atoms with Gasteiger partial charge in [-0.1, -0.05) is 122 Å². The summed E-state index contributed by atoms with van der Waals surface area (Å²) in [5.41, 5.74) is 11.9. The summed E-state index contributed by atoms with van der Waals surface area (Å²) in [4.78, 5) is 0. The normalized spacial score (nSPS) is 18.7. The van der Waals surface area contributed by atoms with Crippen LogP contribution in [0.4, 0.5) is 0 Å². The fourth-order valence-corrected chi connectivity index (χ4v) is 6.48. The van der Waals surface area contributed by atoms with E-state index in [1.54, 1.807) is 27.4 Å². The molecule has 2 aromatic carbocycles. The molecule has 0 aliphatic heterocycles. The van der Waals surface area contributed by atoms with Crippen LogP contribution < -0.4 is 0 Å². The van der Waals surface area contributed by atoms with Gasteiger partial charge in [0.15, 0.2) is 0 Å². The van der Waals surface area contributed by atoms with Gasteiger partial charge in [-0.15, -0.1) is 5.56 Å². The zero-order chi connectivity index (χ0) is 29.2. The van der Waals surface area contributed by atoms with Crippen molar-refractivity contribution in [2.24, 2.45) is 11.3 Å². The number of hydrogen-bond acceptors (Lipinski definition) is 0. The number of fused-ring (bicyclic) bond motifs is 3. The molecule has 0 nitrogen and oxygen atoms in total. The van der Waals surface area contributed by atoms with E-state index in [9.17, 15) is 0 Å². The van der Waals surface area contributed by atoms with Gasteiger partial charge in [0.1, 0.15) is 0 Å². The van der Waals surface area contributed by atoms with E-state index in [-0.39, 0.29) is 10.8 Å². The average Bonchev–Trinajstić information content (AvgIpc) is 3.37. The molecule has 39 heavy (non-hydrogen) atoms. The van der Waals surface area contributed by atoms with Crippen LogP contribution in [0.3, 0.4) is 0 Å². The van der Waals surface area contributed by atoms with Gasteiger partial charge in [-0.3, -0.25) is 6.08 Å². The number of hydrogen-bond donors (Lipinski definition) is 0. The van der Waals surface area contributed by atoms with Crippen molar-refractivity contribution in [2.75, 3.05) is 0 Å². The zero-order valence-corrected chi connectivity index (χ0v) is 29.2. The molecule has 1 unspecified atom stereocenters. The second-order valence-electron chi connectivity index (χ2n) is 14.9. The third-order valence-electron chi connectivity index (χ3n) is 8.06. The Morgan fingerprint density at radius 3 is 1.79 bits per heavy atom. The van der Waals surface area contributed by atoms with Crippen LogP contribution in [0.5, 0.6) is 0 Å². The molecule has 0 amide bonds. The molecular formula is C38H52Zr. The fraction of sp³-hybridized carbons (Fsp3) is 0.553. The minimum atomic E-state index is 0.177. The Bertz CT molecular complexity index is 1160. The Morgan fingerprint density at radius 1 is 0.769 bits per heavy atom. The van der Waals surface area contributed by atoms with Crippen molar-refractivity contribution < 1.29 is 24.2 Å². The van der Waals surface area contributed by atoms with Gasteiger partial charge < -0.3 is 0 Å². The van der Waals surface area contributed by atoms with E-state index in [1.165, 1.54) is 76.6 Å². The second kappa shape index (κ2) is 12.7. The van der Waals surface area contributed by atoms with Crippen molar-refractivity contribution in [1.82, 2.24) is 0 Å². The molecular weight excluding hydrogens is 548 g/mol. The van der Waals surface area contributed by atoms with Crippen LogP contribution >= 0.6 is 0 Å². The van der Waals surface area contributed by atoms with Crippen molar-refractivity contribution in [3.63, 3.8) is 0 Å². The van der Waals surface area contributed by atoms with Crippen molar-refractivity contribution in [2.45, 2.75) is 126 Å². The molecule has 1 atom stereocenters. The summed E-state index contributed by atoms with van der Waals surface area (Å²) in [6, 6.07) is 15.1. The summed E-state index contributed by atoms with van der Waals surface area (Å²) in [6.07, 6.45) is 14.1. The van der Waals surface area contributed by atoms with Gasteiger partial charge in [0.2, 0.25) is 0 Å². The predicted molar refractivity (Wildman–Crippen MR) is 168 cm³/mol. The molecule has 3 aliphatic rings. The van der Waals surface area contributed by atoms with Crippen LogP contribution in [-0.2, 0) is 41.5 Å². The zero-order valence-electron chi connectivity index (χ0n) is 26.8. The van der Waals surface area contributed by atoms with E-state index >= 15 is 0 Å². The molecule has 2 aromatic rings. The van der Waals surface area contributed by atoms with Crippen LogP contribution in [0.1, 0.15) is 131 Å². The molecule has 0 aromatic heterocycles. The summed E-state index contributed by atoms with van der Waals surface area (Å²) in [6.45, 7) is 24.7. The standard InChI is InChI=1S/C21H25.C11H17.C6H10.Zr/c1-20(2,3)16-9-7-14-11-15-8-10-17(21(4,5)6)13-19(15)18(14)12-16;1-8-6-9(2)10(7-8)11(3,4)5;1-2-4-6-5-3-1;/h7,9-10,12-13H,11H2,1-6H3;7-8H,1-5H3;1-5H2;/q2*-1;;+2. The summed E-state index contributed by atoms with van der Waals surface area (Å²) < 4.78 is 1.80. The first-order chi connectivity index (χ1) is 18.0. The molecule has 0 N–H and O–H groups in total. The maximum atomic E-state index is 3.53. The van der Waals surface area contributed by atoms with Gasteiger partial charge >= 0.3 is 59.5 Å². The summed E-state index contributed by atoms with van der Waals surface area (Å²) >= 11 is 1.69. The van der Waals surface area contributed by atoms with Crippen LogP contribution in [0, 0.1) is 23.5 Å². The van der Waals surface area contributed by atoms with Crippen LogP contribution in [0.15, 0.2) is 47.6 Å². The van der Waals surface area contributed by atoms with Gasteiger partial charge in [0.05, 0.1) is 0 Å². The summed E-state index contributed by atoms with van der Waals surface area (Å²) in [7, 11) is 0. The van der Waals surface area contributed by atoms with E-state index in [2.05, 4.69) is 125 Å². The molecule has 0 radical (unpaired) electrons. The Hall–Kier alpha value is -1.33. The fourth-order valence-electron chi connectivity index (χ4n) is 5.61. The molecule has 5 rings (SSSR count). The molecule has 0 heterocycles. The Kier molecular flexibility index (Phi) is 10.5. The van der Waals surface area contributed by atoms with E-state index < -0.39 is 0 Å². The molecule has 0 spiro atoms. The van der Waals surface area contributed by atoms with E-state index in [1.807, 2.05) is 0 Å². The predicted octanol–water partition coefficient (Wildman–Crippen LogP) is 10.7. The van der Waals surface area contributed by atoms with Crippen molar-refractivity contribution in [1.29, 1.82) is 0 Å². The molecule has 3 aliphatic carbocycles. The van der Waals surface area contributed by atoms with Crippen LogP contribution in [0.2, 0.25) is 0 Å². The first kappa shape index (κ1) is 32.2. The SMILES string of the molecule is CC(C)(C)c1c[c-]c2c(c1)-c1cc(C(C)(C)C)ccc1C2.CC1=[C-]C(C)C=C1C(C)(C)C.[Zr+2]=[C]1CCCCC1. The third kappa shape index (κ3) is 8.83. The van der Waals surface area contributed by atoms with Crippen molar-refractivity contribution in [3.8, 4) is 11.1 Å². The number of benzene rings is 2. The molecule has 1 saturated carbocycles. The Morgan fingerprint density at radius 2 is 1.36 bits per heavy atom. The van der Waals surface area contributed by atoms with Gasteiger partial charge in [0, 0.05) is 0 Å². The topological polar surface area (TPSA) is 0 Å². The second-order valence-corrected chi connectivity index (χ2v) is 16.6. The monoisotopic (exact) mass is 598 g/mol. The van der Waals surface area contributed by atoms with Gasteiger partial charge in [-0.2, -0.15) is 41.0 Å². The van der Waals surface area contributed by atoms with Crippen LogP contribution in [0.25, 0.3) is 11.1 Å². The van der Waals surface area contributed by atoms with E-state index in [0.29, 0.717) is 11.3 Å². The molecule has 208 valence electrons. The van der Waals surface area contributed by atoms with Crippen molar-refractivity contribution >= 4 is 3.21 Å². The molecule has 0 bridgehead atoms. The van der Waals surface area contributed by atoms with Crippen LogP contribution in [-0.4, -0.2) is 3.21 Å². The molecule has 0 saturated heterocycles.